The molecule has 4 rings (SSSR count). The fraction of sp³-hybridized carbons (Fsp3) is 0.458. The van der Waals surface area contributed by atoms with Gasteiger partial charge in [-0.05, 0) is 61.4 Å². The maximum Gasteiger partial charge on any atom is 0.243 e. The van der Waals surface area contributed by atoms with Gasteiger partial charge in [0.2, 0.25) is 15.9 Å². The molecule has 0 aromatic heterocycles. The Morgan fingerprint density at radius 3 is 2.35 bits per heavy atom. The van der Waals surface area contributed by atoms with Gasteiger partial charge in [0, 0.05) is 24.7 Å². The van der Waals surface area contributed by atoms with Crippen LogP contribution in [0.1, 0.15) is 44.1 Å². The lowest BCUT2D eigenvalue weighted by Crippen LogP contribution is -2.46. The van der Waals surface area contributed by atoms with Gasteiger partial charge >= 0.3 is 0 Å². The van der Waals surface area contributed by atoms with Crippen molar-refractivity contribution in [3.05, 3.63) is 65.2 Å². The summed E-state index contributed by atoms with van der Waals surface area (Å²) in [6.07, 6.45) is 5.25. The van der Waals surface area contributed by atoms with Crippen LogP contribution in [0.25, 0.3) is 0 Å². The van der Waals surface area contributed by atoms with Crippen molar-refractivity contribution in [3.8, 4) is 0 Å². The number of benzene rings is 2. The molecule has 2 aromatic rings. The average Bonchev–Trinajstić information content (AvgIpc) is 3.30. The van der Waals surface area contributed by atoms with Gasteiger partial charge in [0.05, 0.1) is 10.3 Å². The molecule has 166 valence electrons. The number of piperidine rings is 1. The predicted octanol–water partition coefficient (Wildman–Crippen LogP) is 4.37. The Kier molecular flexibility index (Phi) is 6.70. The molecule has 31 heavy (non-hydrogen) atoms. The monoisotopic (exact) mass is 460 g/mol. The van der Waals surface area contributed by atoms with E-state index in [0.717, 1.165) is 44.1 Å². The van der Waals surface area contributed by atoms with E-state index >= 15 is 0 Å². The van der Waals surface area contributed by atoms with Crippen LogP contribution in [0.5, 0.6) is 0 Å². The van der Waals surface area contributed by atoms with Crippen molar-refractivity contribution in [1.82, 2.24) is 9.62 Å². The van der Waals surface area contributed by atoms with Crippen molar-refractivity contribution >= 4 is 27.5 Å². The lowest BCUT2D eigenvalue weighted by atomic mass is 9.78. The molecule has 1 aliphatic carbocycles. The maximum atomic E-state index is 13.3. The first kappa shape index (κ1) is 22.3. The van der Waals surface area contributed by atoms with E-state index < -0.39 is 15.4 Å². The normalized spacial score (nSPS) is 19.9. The van der Waals surface area contributed by atoms with Crippen molar-refractivity contribution in [1.29, 1.82) is 0 Å². The summed E-state index contributed by atoms with van der Waals surface area (Å²) in [5.74, 6) is 0.357. The number of halogens is 1. The third kappa shape index (κ3) is 4.66. The molecule has 0 atom stereocenters. The van der Waals surface area contributed by atoms with Gasteiger partial charge in [-0.2, -0.15) is 4.31 Å². The van der Waals surface area contributed by atoms with Gasteiger partial charge in [-0.25, -0.2) is 8.42 Å². The molecular formula is C24H29ClN2O3S. The Morgan fingerprint density at radius 2 is 1.71 bits per heavy atom. The minimum atomic E-state index is -3.45. The lowest BCUT2D eigenvalue weighted by molar-refractivity contribution is -0.126. The van der Waals surface area contributed by atoms with Gasteiger partial charge in [-0.3, -0.25) is 4.79 Å². The number of amides is 1. The summed E-state index contributed by atoms with van der Waals surface area (Å²) >= 11 is 6.20. The number of hydrogen-bond acceptors (Lipinski definition) is 3. The number of carbonyl (C=O) groups is 1. The number of nitrogens with one attached hydrogen (secondary N) is 1. The van der Waals surface area contributed by atoms with E-state index in [1.54, 1.807) is 28.6 Å². The van der Waals surface area contributed by atoms with E-state index in [9.17, 15) is 13.2 Å². The van der Waals surface area contributed by atoms with Crippen LogP contribution >= 0.6 is 11.6 Å². The summed E-state index contributed by atoms with van der Waals surface area (Å²) in [7, 11) is -3.45. The van der Waals surface area contributed by atoms with Gasteiger partial charge in [0.15, 0.2) is 0 Å². The van der Waals surface area contributed by atoms with Crippen LogP contribution in [-0.4, -0.2) is 38.3 Å². The SMILES string of the molecule is O=C(NCC1CCN(S(=O)(=O)c2ccccc2)CC1)C1(c2cccc(Cl)c2)CCCC1. The van der Waals surface area contributed by atoms with E-state index in [4.69, 9.17) is 11.6 Å². The summed E-state index contributed by atoms with van der Waals surface area (Å²) in [5, 5.41) is 3.84. The zero-order valence-corrected chi connectivity index (χ0v) is 19.2. The minimum Gasteiger partial charge on any atom is -0.355 e. The zero-order chi connectivity index (χ0) is 21.9. The van der Waals surface area contributed by atoms with E-state index in [1.165, 1.54) is 0 Å². The standard InChI is InChI=1S/C24H29ClN2O3S/c25-21-8-6-7-20(17-21)24(13-4-5-14-24)23(28)26-18-19-11-15-27(16-12-19)31(29,30)22-9-2-1-3-10-22/h1-3,6-10,17,19H,4-5,11-16,18H2,(H,26,28). The van der Waals surface area contributed by atoms with Crippen molar-refractivity contribution in [2.24, 2.45) is 5.92 Å². The number of carbonyl (C=O) groups excluding carboxylic acids is 1. The number of sulfonamides is 1. The molecule has 1 heterocycles. The summed E-state index contributed by atoms with van der Waals surface area (Å²) in [6, 6.07) is 16.2. The number of nitrogens with zero attached hydrogens (tertiary/aromatic N) is 1. The van der Waals surface area contributed by atoms with Crippen molar-refractivity contribution < 1.29 is 13.2 Å². The van der Waals surface area contributed by atoms with Crippen LogP contribution in [0.2, 0.25) is 5.02 Å². The molecule has 5 nitrogen and oxygen atoms in total. The Balaban J connectivity index is 1.35. The highest BCUT2D eigenvalue weighted by atomic mass is 35.5. The summed E-state index contributed by atoms with van der Waals surface area (Å²) < 4.78 is 27.2. The molecule has 1 amide bonds. The van der Waals surface area contributed by atoms with Crippen LogP contribution in [0.3, 0.4) is 0 Å². The Hall–Kier alpha value is -1.89. The van der Waals surface area contributed by atoms with E-state index in [1.807, 2.05) is 30.3 Å². The fourth-order valence-corrected chi connectivity index (χ4v) is 6.59. The van der Waals surface area contributed by atoms with Crippen molar-refractivity contribution in [3.63, 3.8) is 0 Å². The highest BCUT2D eigenvalue weighted by Crippen LogP contribution is 2.42. The summed E-state index contributed by atoms with van der Waals surface area (Å²) in [5.41, 5.74) is 0.501. The van der Waals surface area contributed by atoms with Crippen LogP contribution in [-0.2, 0) is 20.2 Å². The molecular weight excluding hydrogens is 432 g/mol. The van der Waals surface area contributed by atoms with E-state index in [0.29, 0.717) is 29.6 Å². The second kappa shape index (κ2) is 9.31. The minimum absolute atomic E-state index is 0.0756. The van der Waals surface area contributed by atoms with Gasteiger partial charge in [-0.1, -0.05) is 54.8 Å². The van der Waals surface area contributed by atoms with Crippen LogP contribution in [0.4, 0.5) is 0 Å². The Bertz CT molecular complexity index is 1010. The fourth-order valence-electron chi connectivity index (χ4n) is 4.91. The third-order valence-electron chi connectivity index (χ3n) is 6.77. The number of hydrogen-bond donors (Lipinski definition) is 1. The highest BCUT2D eigenvalue weighted by Gasteiger charge is 2.43. The molecule has 1 N–H and O–H groups in total. The first-order chi connectivity index (χ1) is 14.9. The van der Waals surface area contributed by atoms with Gasteiger partial charge in [-0.15, -0.1) is 0 Å². The molecule has 0 unspecified atom stereocenters. The second-order valence-corrected chi connectivity index (χ2v) is 11.0. The predicted molar refractivity (Wildman–Crippen MR) is 123 cm³/mol. The largest absolute Gasteiger partial charge is 0.355 e. The molecule has 1 aliphatic heterocycles. The molecule has 2 aliphatic rings. The zero-order valence-electron chi connectivity index (χ0n) is 17.6. The Morgan fingerprint density at radius 1 is 1.03 bits per heavy atom. The van der Waals surface area contributed by atoms with Gasteiger partial charge in [0.25, 0.3) is 0 Å². The van der Waals surface area contributed by atoms with E-state index in [2.05, 4.69) is 5.32 Å². The third-order valence-corrected chi connectivity index (χ3v) is 8.92. The molecule has 1 saturated carbocycles. The van der Waals surface area contributed by atoms with Crippen molar-refractivity contribution in [2.45, 2.75) is 48.8 Å². The van der Waals surface area contributed by atoms with Gasteiger partial charge in [0.1, 0.15) is 0 Å². The summed E-state index contributed by atoms with van der Waals surface area (Å²) in [6.45, 7) is 1.55. The summed E-state index contributed by atoms with van der Waals surface area (Å²) in [4.78, 5) is 13.6. The molecule has 0 bridgehead atoms. The van der Waals surface area contributed by atoms with Crippen LogP contribution in [0.15, 0.2) is 59.5 Å². The first-order valence-electron chi connectivity index (χ1n) is 11.0. The van der Waals surface area contributed by atoms with Gasteiger partial charge < -0.3 is 5.32 Å². The average molecular weight is 461 g/mol. The molecule has 1 saturated heterocycles. The first-order valence-corrected chi connectivity index (χ1v) is 12.8. The van der Waals surface area contributed by atoms with E-state index in [-0.39, 0.29) is 11.8 Å². The molecule has 2 fully saturated rings. The smallest absolute Gasteiger partial charge is 0.243 e. The number of rotatable bonds is 6. The highest BCUT2D eigenvalue weighted by molar-refractivity contribution is 7.89. The quantitative estimate of drug-likeness (QED) is 0.696. The topological polar surface area (TPSA) is 66.5 Å². The maximum absolute atomic E-state index is 13.3. The molecule has 2 aromatic carbocycles. The second-order valence-electron chi connectivity index (χ2n) is 8.67. The lowest BCUT2D eigenvalue weighted by Gasteiger charge is -2.33. The van der Waals surface area contributed by atoms with Crippen LogP contribution < -0.4 is 5.32 Å². The Labute approximate surface area is 189 Å². The molecule has 0 spiro atoms. The molecule has 0 radical (unpaired) electrons. The molecule has 7 heteroatoms. The van der Waals surface area contributed by atoms with Crippen molar-refractivity contribution in [2.75, 3.05) is 19.6 Å². The van der Waals surface area contributed by atoms with Crippen LogP contribution in [0, 0.1) is 5.92 Å².